The summed E-state index contributed by atoms with van der Waals surface area (Å²) >= 11 is 0. The summed E-state index contributed by atoms with van der Waals surface area (Å²) in [5, 5.41) is 11.3. The molecule has 0 aliphatic heterocycles. The zero-order valence-electron chi connectivity index (χ0n) is 13.9. The number of benzene rings is 2. The van der Waals surface area contributed by atoms with Gasteiger partial charge in [0.25, 0.3) is 5.91 Å². The van der Waals surface area contributed by atoms with Crippen LogP contribution >= 0.6 is 0 Å². The third-order valence-electron chi connectivity index (χ3n) is 3.14. The number of amides is 1. The molecule has 8 heteroatoms. The molecule has 0 radical (unpaired) electrons. The maximum absolute atomic E-state index is 12.1. The van der Waals surface area contributed by atoms with Crippen LogP contribution in [0.3, 0.4) is 0 Å². The highest BCUT2D eigenvalue weighted by atomic mass is 19.3. The highest BCUT2D eigenvalue weighted by Crippen LogP contribution is 2.15. The van der Waals surface area contributed by atoms with Crippen LogP contribution in [0.15, 0.2) is 54.6 Å². The number of hydrogen-bond donors (Lipinski definition) is 1. The standard InChI is InChI=1S/C19H14F2N2O4/c20-19(21)27-16-7-4-13(5-8-16)6-9-18(25)26-12-17(24)23-15-3-1-2-14(10-15)11-22/h1-10,19H,12H2,(H,23,24)/b9-6+. The number of hydrogen-bond acceptors (Lipinski definition) is 5. The molecule has 1 amide bonds. The van der Waals surface area contributed by atoms with E-state index in [1.54, 1.807) is 18.2 Å². The number of ether oxygens (including phenoxy) is 2. The number of nitrogens with zero attached hydrogens (tertiary/aromatic N) is 1. The zero-order chi connectivity index (χ0) is 19.6. The van der Waals surface area contributed by atoms with Gasteiger partial charge < -0.3 is 14.8 Å². The summed E-state index contributed by atoms with van der Waals surface area (Å²) in [7, 11) is 0. The van der Waals surface area contributed by atoms with Crippen molar-refractivity contribution in [2.24, 2.45) is 0 Å². The Bertz CT molecular complexity index is 874. The molecule has 0 spiro atoms. The number of halogens is 2. The van der Waals surface area contributed by atoms with Crippen molar-refractivity contribution in [3.63, 3.8) is 0 Å². The lowest BCUT2D eigenvalue weighted by Crippen LogP contribution is -2.20. The average Bonchev–Trinajstić information content (AvgIpc) is 2.65. The van der Waals surface area contributed by atoms with Crippen molar-refractivity contribution in [3.8, 4) is 11.8 Å². The summed E-state index contributed by atoms with van der Waals surface area (Å²) in [6, 6.07) is 13.9. The Labute approximate surface area is 153 Å². The van der Waals surface area contributed by atoms with Gasteiger partial charge in [-0.2, -0.15) is 14.0 Å². The smallest absolute Gasteiger partial charge is 0.387 e. The Morgan fingerprint density at radius 2 is 1.93 bits per heavy atom. The molecule has 1 N–H and O–H groups in total. The lowest BCUT2D eigenvalue weighted by atomic mass is 10.2. The molecule has 138 valence electrons. The normalized spacial score (nSPS) is 10.4. The number of carbonyl (C=O) groups is 2. The summed E-state index contributed by atoms with van der Waals surface area (Å²) in [5.41, 5.74) is 1.36. The SMILES string of the molecule is N#Cc1cccc(NC(=O)COC(=O)/C=C/c2ccc(OC(F)F)cc2)c1. The van der Waals surface area contributed by atoms with Gasteiger partial charge in [0.05, 0.1) is 11.6 Å². The summed E-state index contributed by atoms with van der Waals surface area (Å²) in [6.07, 6.45) is 2.51. The molecule has 0 saturated carbocycles. The van der Waals surface area contributed by atoms with Gasteiger partial charge in [-0.05, 0) is 42.0 Å². The van der Waals surface area contributed by atoms with E-state index in [-0.39, 0.29) is 5.75 Å². The molecule has 0 aliphatic rings. The molecule has 0 aromatic heterocycles. The molecule has 2 rings (SSSR count). The van der Waals surface area contributed by atoms with E-state index in [1.165, 1.54) is 36.4 Å². The van der Waals surface area contributed by atoms with Crippen molar-refractivity contribution in [2.75, 3.05) is 11.9 Å². The second kappa shape index (κ2) is 9.68. The van der Waals surface area contributed by atoms with Crippen molar-refractivity contribution >= 4 is 23.6 Å². The number of carbonyl (C=O) groups excluding carboxylic acids is 2. The number of nitriles is 1. The van der Waals surface area contributed by atoms with E-state index < -0.39 is 25.1 Å². The van der Waals surface area contributed by atoms with Gasteiger partial charge in [-0.3, -0.25) is 4.79 Å². The van der Waals surface area contributed by atoms with Crippen molar-refractivity contribution in [1.82, 2.24) is 0 Å². The van der Waals surface area contributed by atoms with E-state index >= 15 is 0 Å². The molecule has 0 saturated heterocycles. The molecule has 6 nitrogen and oxygen atoms in total. The average molecular weight is 372 g/mol. The molecular formula is C19H14F2N2O4. The molecule has 2 aromatic rings. The zero-order valence-corrected chi connectivity index (χ0v) is 13.9. The quantitative estimate of drug-likeness (QED) is 0.595. The molecule has 0 heterocycles. The lowest BCUT2D eigenvalue weighted by molar-refractivity contribution is -0.142. The van der Waals surface area contributed by atoms with Crippen LogP contribution in [-0.4, -0.2) is 25.1 Å². The first kappa shape index (κ1) is 19.6. The fourth-order valence-electron chi connectivity index (χ4n) is 1.97. The summed E-state index contributed by atoms with van der Waals surface area (Å²) in [4.78, 5) is 23.4. The topological polar surface area (TPSA) is 88.4 Å². The van der Waals surface area contributed by atoms with Crippen molar-refractivity contribution in [2.45, 2.75) is 6.61 Å². The third-order valence-corrected chi connectivity index (χ3v) is 3.14. The van der Waals surface area contributed by atoms with E-state index in [2.05, 4.69) is 10.1 Å². The van der Waals surface area contributed by atoms with Crippen LogP contribution in [0.4, 0.5) is 14.5 Å². The predicted molar refractivity (Wildman–Crippen MR) is 92.9 cm³/mol. The first-order valence-corrected chi connectivity index (χ1v) is 7.66. The predicted octanol–water partition coefficient (Wildman–Crippen LogP) is 3.35. The summed E-state index contributed by atoms with van der Waals surface area (Å²) in [6.45, 7) is -3.41. The number of alkyl halides is 2. The minimum Gasteiger partial charge on any atom is -0.452 e. The highest BCUT2D eigenvalue weighted by Gasteiger charge is 2.07. The molecule has 0 fully saturated rings. The number of nitrogens with one attached hydrogen (secondary N) is 1. The van der Waals surface area contributed by atoms with Gasteiger partial charge in [0.15, 0.2) is 6.61 Å². The maximum atomic E-state index is 12.1. The highest BCUT2D eigenvalue weighted by molar-refractivity contribution is 5.94. The second-order valence-corrected chi connectivity index (χ2v) is 5.13. The number of rotatable bonds is 7. The van der Waals surface area contributed by atoms with Crippen LogP contribution in [0.1, 0.15) is 11.1 Å². The third kappa shape index (κ3) is 6.96. The van der Waals surface area contributed by atoms with E-state index in [9.17, 15) is 18.4 Å². The van der Waals surface area contributed by atoms with Crippen LogP contribution in [0.2, 0.25) is 0 Å². The Hall–Kier alpha value is -3.73. The van der Waals surface area contributed by atoms with Crippen LogP contribution in [0.25, 0.3) is 6.08 Å². The van der Waals surface area contributed by atoms with E-state index in [1.807, 2.05) is 6.07 Å². The minimum absolute atomic E-state index is 0.00173. The van der Waals surface area contributed by atoms with Gasteiger partial charge in [0.2, 0.25) is 0 Å². The van der Waals surface area contributed by atoms with E-state index in [0.29, 0.717) is 16.8 Å². The van der Waals surface area contributed by atoms with E-state index in [0.717, 1.165) is 6.08 Å². The van der Waals surface area contributed by atoms with E-state index in [4.69, 9.17) is 10.00 Å². The fourth-order valence-corrected chi connectivity index (χ4v) is 1.97. The molecule has 27 heavy (non-hydrogen) atoms. The van der Waals surface area contributed by atoms with Gasteiger partial charge in [-0.1, -0.05) is 18.2 Å². The van der Waals surface area contributed by atoms with Crippen molar-refractivity contribution in [1.29, 1.82) is 5.26 Å². The summed E-state index contributed by atoms with van der Waals surface area (Å²) < 4.78 is 33.1. The Kier molecular flexibility index (Phi) is 7.02. The summed E-state index contributed by atoms with van der Waals surface area (Å²) in [5.74, 6) is -1.30. The lowest BCUT2D eigenvalue weighted by Gasteiger charge is -2.05. The largest absolute Gasteiger partial charge is 0.452 e. The minimum atomic E-state index is -2.91. The Morgan fingerprint density at radius 1 is 1.19 bits per heavy atom. The first-order valence-electron chi connectivity index (χ1n) is 7.66. The van der Waals surface area contributed by atoms with Gasteiger partial charge in [-0.25, -0.2) is 4.79 Å². The van der Waals surface area contributed by atoms with Gasteiger partial charge in [0.1, 0.15) is 5.75 Å². The number of anilines is 1. The molecule has 0 atom stereocenters. The van der Waals surface area contributed by atoms with Gasteiger partial charge >= 0.3 is 12.6 Å². The van der Waals surface area contributed by atoms with Crippen LogP contribution in [0.5, 0.6) is 5.75 Å². The Morgan fingerprint density at radius 3 is 2.59 bits per heavy atom. The van der Waals surface area contributed by atoms with Crippen LogP contribution in [0, 0.1) is 11.3 Å². The van der Waals surface area contributed by atoms with Gasteiger partial charge in [-0.15, -0.1) is 0 Å². The second-order valence-electron chi connectivity index (χ2n) is 5.13. The molecular weight excluding hydrogens is 358 g/mol. The monoisotopic (exact) mass is 372 g/mol. The maximum Gasteiger partial charge on any atom is 0.387 e. The fraction of sp³-hybridized carbons (Fsp3) is 0.105. The Balaban J connectivity index is 1.80. The van der Waals surface area contributed by atoms with Crippen LogP contribution < -0.4 is 10.1 Å². The number of esters is 1. The molecule has 0 unspecified atom stereocenters. The first-order chi connectivity index (χ1) is 13.0. The molecule has 2 aromatic carbocycles. The van der Waals surface area contributed by atoms with Crippen molar-refractivity contribution in [3.05, 3.63) is 65.7 Å². The van der Waals surface area contributed by atoms with Gasteiger partial charge in [0, 0.05) is 11.8 Å². The van der Waals surface area contributed by atoms with Crippen molar-refractivity contribution < 1.29 is 27.8 Å². The molecule has 0 bridgehead atoms. The molecule has 0 aliphatic carbocycles. The van der Waals surface area contributed by atoms with Crippen LogP contribution in [-0.2, 0) is 14.3 Å².